The first-order valence-corrected chi connectivity index (χ1v) is 9.93. The van der Waals surface area contributed by atoms with E-state index in [0.29, 0.717) is 24.0 Å². The van der Waals surface area contributed by atoms with Gasteiger partial charge in [-0.15, -0.1) is 0 Å². The Hall–Kier alpha value is -2.99. The monoisotopic (exact) mass is 391 g/mol. The van der Waals surface area contributed by atoms with Crippen LogP contribution in [-0.2, 0) is 16.8 Å². The number of benzene rings is 2. The lowest BCUT2D eigenvalue weighted by molar-refractivity contribution is -0.107. The Bertz CT molecular complexity index is 948. The average molecular weight is 391 g/mol. The van der Waals surface area contributed by atoms with Crippen molar-refractivity contribution in [2.24, 2.45) is 0 Å². The minimum atomic E-state index is -0.267. The molecular formula is C23H25N3O3. The highest BCUT2D eigenvalue weighted by molar-refractivity contribution is 6.01. The number of piperidine rings is 1. The number of nitrogens with one attached hydrogen (secondary N) is 1. The summed E-state index contributed by atoms with van der Waals surface area (Å²) in [5, 5.41) is 2.92. The molecule has 2 aromatic carbocycles. The van der Waals surface area contributed by atoms with Crippen LogP contribution in [0.4, 0.5) is 5.69 Å². The quantitative estimate of drug-likeness (QED) is 0.795. The molecule has 0 bridgehead atoms. The molecule has 150 valence electrons. The highest BCUT2D eigenvalue weighted by atomic mass is 16.2. The zero-order valence-corrected chi connectivity index (χ0v) is 16.6. The molecule has 1 fully saturated rings. The van der Waals surface area contributed by atoms with Gasteiger partial charge in [-0.2, -0.15) is 0 Å². The Labute approximate surface area is 170 Å². The Morgan fingerprint density at radius 3 is 2.62 bits per heavy atom. The molecule has 2 heterocycles. The van der Waals surface area contributed by atoms with Gasteiger partial charge in [0.15, 0.2) is 6.29 Å². The molecular weight excluding hydrogens is 366 g/mol. The summed E-state index contributed by atoms with van der Waals surface area (Å²) in [6.45, 7) is 3.11. The number of aldehydes is 1. The largest absolute Gasteiger partial charge is 0.348 e. The standard InChI is InChI=1S/C23H25N3O3/c1-25-10-8-23(9-11-25)15-26(16-28)21-7-6-17(12-20(21)23)13-24-22(29)19-5-3-2-4-18(19)14-27/h2-7,12,14,16H,8-11,13,15H2,1H3,(H,24,29). The minimum absolute atomic E-state index is 0.00705. The minimum Gasteiger partial charge on any atom is -0.348 e. The van der Waals surface area contributed by atoms with Crippen molar-refractivity contribution in [3.05, 3.63) is 64.7 Å². The van der Waals surface area contributed by atoms with Gasteiger partial charge in [-0.25, -0.2) is 0 Å². The predicted molar refractivity (Wildman–Crippen MR) is 111 cm³/mol. The molecule has 6 heteroatoms. The smallest absolute Gasteiger partial charge is 0.252 e. The Balaban J connectivity index is 1.55. The van der Waals surface area contributed by atoms with E-state index in [9.17, 15) is 14.4 Å². The van der Waals surface area contributed by atoms with E-state index in [1.807, 2.05) is 17.0 Å². The van der Waals surface area contributed by atoms with Crippen LogP contribution >= 0.6 is 0 Å². The molecule has 0 atom stereocenters. The first-order chi connectivity index (χ1) is 14.1. The van der Waals surface area contributed by atoms with Crippen molar-refractivity contribution < 1.29 is 14.4 Å². The molecule has 2 amide bonds. The van der Waals surface area contributed by atoms with Gasteiger partial charge in [-0.3, -0.25) is 14.4 Å². The second-order valence-electron chi connectivity index (χ2n) is 8.06. The SMILES string of the molecule is CN1CCC2(CC1)CN(C=O)c1ccc(CNC(=O)c3ccccc3C=O)cc12. The van der Waals surface area contributed by atoms with Gasteiger partial charge in [0.05, 0.1) is 0 Å². The Kier molecular flexibility index (Phi) is 5.20. The van der Waals surface area contributed by atoms with Gasteiger partial charge in [0.25, 0.3) is 5.91 Å². The number of anilines is 1. The van der Waals surface area contributed by atoms with Crippen LogP contribution < -0.4 is 10.2 Å². The third-order valence-electron chi connectivity index (χ3n) is 6.27. The lowest BCUT2D eigenvalue weighted by Gasteiger charge is -2.38. The van der Waals surface area contributed by atoms with Crippen molar-refractivity contribution in [1.82, 2.24) is 10.2 Å². The molecule has 0 aromatic heterocycles. The molecule has 2 aromatic rings. The van der Waals surface area contributed by atoms with Crippen molar-refractivity contribution in [2.45, 2.75) is 24.8 Å². The first-order valence-electron chi connectivity index (χ1n) is 9.93. The number of nitrogens with zero attached hydrogens (tertiary/aromatic N) is 2. The van der Waals surface area contributed by atoms with Crippen molar-refractivity contribution in [3.63, 3.8) is 0 Å². The fourth-order valence-electron chi connectivity index (χ4n) is 4.52. The van der Waals surface area contributed by atoms with E-state index in [1.165, 1.54) is 5.56 Å². The number of carbonyl (C=O) groups excluding carboxylic acids is 3. The molecule has 1 saturated heterocycles. The molecule has 2 aliphatic heterocycles. The van der Waals surface area contributed by atoms with Crippen molar-refractivity contribution >= 4 is 24.3 Å². The van der Waals surface area contributed by atoms with E-state index < -0.39 is 0 Å². The number of carbonyl (C=O) groups is 3. The third-order valence-corrected chi connectivity index (χ3v) is 6.27. The van der Waals surface area contributed by atoms with Gasteiger partial charge < -0.3 is 15.1 Å². The first kappa shape index (κ1) is 19.3. The van der Waals surface area contributed by atoms with Crippen LogP contribution in [0.15, 0.2) is 42.5 Å². The molecule has 1 N–H and O–H groups in total. The maximum Gasteiger partial charge on any atom is 0.252 e. The highest BCUT2D eigenvalue weighted by Crippen LogP contribution is 2.46. The summed E-state index contributed by atoms with van der Waals surface area (Å²) in [5.41, 5.74) is 3.93. The zero-order chi connectivity index (χ0) is 20.4. The summed E-state index contributed by atoms with van der Waals surface area (Å²) in [5.74, 6) is -0.267. The van der Waals surface area contributed by atoms with Gasteiger partial charge >= 0.3 is 0 Å². The Morgan fingerprint density at radius 2 is 1.90 bits per heavy atom. The maximum atomic E-state index is 12.5. The van der Waals surface area contributed by atoms with Gasteiger partial charge in [-0.1, -0.05) is 30.3 Å². The molecule has 0 radical (unpaired) electrons. The van der Waals surface area contributed by atoms with Crippen LogP contribution in [0, 0.1) is 0 Å². The van der Waals surface area contributed by atoms with E-state index in [2.05, 4.69) is 23.3 Å². The van der Waals surface area contributed by atoms with E-state index in [-0.39, 0.29) is 11.3 Å². The molecule has 0 unspecified atom stereocenters. The molecule has 0 aliphatic carbocycles. The number of amides is 2. The average Bonchev–Trinajstić information content (AvgIpc) is 3.07. The van der Waals surface area contributed by atoms with Crippen LogP contribution in [-0.4, -0.2) is 50.2 Å². The Morgan fingerprint density at radius 1 is 1.14 bits per heavy atom. The summed E-state index contributed by atoms with van der Waals surface area (Å²) >= 11 is 0. The summed E-state index contributed by atoms with van der Waals surface area (Å²) in [7, 11) is 2.13. The number of likely N-dealkylation sites (tertiary alicyclic amines) is 1. The summed E-state index contributed by atoms with van der Waals surface area (Å²) in [6.07, 6.45) is 3.65. The van der Waals surface area contributed by atoms with E-state index >= 15 is 0 Å². The number of fused-ring (bicyclic) bond motifs is 2. The molecule has 6 nitrogen and oxygen atoms in total. The van der Waals surface area contributed by atoms with Crippen molar-refractivity contribution in [2.75, 3.05) is 31.6 Å². The number of hydrogen-bond donors (Lipinski definition) is 1. The third kappa shape index (κ3) is 3.56. The lowest BCUT2D eigenvalue weighted by atomic mass is 9.74. The van der Waals surface area contributed by atoms with Gasteiger partial charge in [0, 0.05) is 35.3 Å². The summed E-state index contributed by atoms with van der Waals surface area (Å²) in [4.78, 5) is 39.4. The van der Waals surface area contributed by atoms with Crippen LogP contribution in [0.5, 0.6) is 0 Å². The molecule has 2 aliphatic rings. The molecule has 0 saturated carbocycles. The second-order valence-corrected chi connectivity index (χ2v) is 8.06. The van der Waals surface area contributed by atoms with Gasteiger partial charge in [0.2, 0.25) is 6.41 Å². The van der Waals surface area contributed by atoms with Crippen molar-refractivity contribution in [3.8, 4) is 0 Å². The highest BCUT2D eigenvalue weighted by Gasteiger charge is 2.44. The van der Waals surface area contributed by atoms with Crippen LogP contribution in [0.2, 0.25) is 0 Å². The number of rotatable bonds is 5. The predicted octanol–water partition coefficient (Wildman–Crippen LogP) is 2.37. The van der Waals surface area contributed by atoms with E-state index in [0.717, 1.165) is 50.1 Å². The summed E-state index contributed by atoms with van der Waals surface area (Å²) < 4.78 is 0. The fraction of sp³-hybridized carbons (Fsp3) is 0.348. The number of hydrogen-bond acceptors (Lipinski definition) is 4. The van der Waals surface area contributed by atoms with Crippen LogP contribution in [0.1, 0.15) is 44.7 Å². The van der Waals surface area contributed by atoms with Gasteiger partial charge in [-0.05, 0) is 56.2 Å². The normalized spacial score (nSPS) is 17.8. The van der Waals surface area contributed by atoms with Crippen LogP contribution in [0.3, 0.4) is 0 Å². The molecule has 4 rings (SSSR count). The molecule has 29 heavy (non-hydrogen) atoms. The fourth-order valence-corrected chi connectivity index (χ4v) is 4.52. The maximum absolute atomic E-state index is 12.5. The van der Waals surface area contributed by atoms with E-state index in [4.69, 9.17) is 0 Å². The van der Waals surface area contributed by atoms with Crippen LogP contribution in [0.25, 0.3) is 0 Å². The second kappa shape index (κ2) is 7.79. The van der Waals surface area contributed by atoms with Crippen molar-refractivity contribution in [1.29, 1.82) is 0 Å². The van der Waals surface area contributed by atoms with Gasteiger partial charge in [0.1, 0.15) is 0 Å². The summed E-state index contributed by atoms with van der Waals surface area (Å²) in [6, 6.07) is 12.8. The topological polar surface area (TPSA) is 69.7 Å². The van der Waals surface area contributed by atoms with E-state index in [1.54, 1.807) is 24.3 Å². The lowest BCUT2D eigenvalue weighted by Crippen LogP contribution is -2.43. The zero-order valence-electron chi connectivity index (χ0n) is 16.6. The molecule has 1 spiro atoms.